The van der Waals surface area contributed by atoms with E-state index in [0.29, 0.717) is 12.0 Å². The highest BCUT2D eigenvalue weighted by atomic mass is 16.3. The van der Waals surface area contributed by atoms with Gasteiger partial charge in [0.15, 0.2) is 0 Å². The van der Waals surface area contributed by atoms with E-state index in [1.807, 2.05) is 12.3 Å². The molecule has 1 heterocycles. The van der Waals surface area contributed by atoms with Crippen LogP contribution in [0.5, 0.6) is 0 Å². The van der Waals surface area contributed by atoms with E-state index in [2.05, 4.69) is 45.0 Å². The summed E-state index contributed by atoms with van der Waals surface area (Å²) in [5.41, 5.74) is 1.24. The maximum absolute atomic E-state index is 5.11. The minimum absolute atomic E-state index is 0.555. The van der Waals surface area contributed by atoms with Crippen molar-refractivity contribution in [1.82, 2.24) is 10.2 Å². The maximum Gasteiger partial charge on any atom is 0.0947 e. The molecule has 0 spiro atoms. The Bertz CT molecular complexity index is 308. The second-order valence-corrected chi connectivity index (χ2v) is 5.82. The molecule has 1 aromatic rings. The molecule has 0 aliphatic carbocycles. The lowest BCUT2D eigenvalue weighted by atomic mass is 10.0. The van der Waals surface area contributed by atoms with E-state index in [1.165, 1.54) is 5.56 Å². The van der Waals surface area contributed by atoms with Crippen LogP contribution in [0, 0.1) is 11.8 Å². The molecule has 3 heteroatoms. The molecule has 3 nitrogen and oxygen atoms in total. The van der Waals surface area contributed by atoms with Gasteiger partial charge in [-0.3, -0.25) is 4.90 Å². The molecular formula is C15H28N2O. The van der Waals surface area contributed by atoms with Gasteiger partial charge in [0.1, 0.15) is 0 Å². The molecule has 0 saturated heterocycles. The average Bonchev–Trinajstić information content (AvgIpc) is 2.80. The van der Waals surface area contributed by atoms with E-state index < -0.39 is 0 Å². The fourth-order valence-corrected chi connectivity index (χ4v) is 2.02. The zero-order chi connectivity index (χ0) is 13.5. The fourth-order valence-electron chi connectivity index (χ4n) is 2.02. The predicted octanol–water partition coefficient (Wildman–Crippen LogP) is 2.98. The smallest absolute Gasteiger partial charge is 0.0947 e. The zero-order valence-electron chi connectivity index (χ0n) is 12.4. The normalized spacial score (nSPS) is 15.3. The Morgan fingerprint density at radius 2 is 1.94 bits per heavy atom. The van der Waals surface area contributed by atoms with Crippen molar-refractivity contribution in [3.05, 3.63) is 24.2 Å². The Morgan fingerprint density at radius 1 is 1.22 bits per heavy atom. The van der Waals surface area contributed by atoms with Crippen LogP contribution in [-0.4, -0.2) is 31.1 Å². The van der Waals surface area contributed by atoms with Gasteiger partial charge in [-0.2, -0.15) is 0 Å². The molecule has 0 bridgehead atoms. The van der Waals surface area contributed by atoms with E-state index in [1.54, 1.807) is 6.26 Å². The number of nitrogens with zero attached hydrogens (tertiary/aromatic N) is 1. The molecule has 1 aromatic heterocycles. The summed E-state index contributed by atoms with van der Waals surface area (Å²) in [5.74, 6) is 1.36. The lowest BCUT2D eigenvalue weighted by Gasteiger charge is -2.30. The van der Waals surface area contributed by atoms with Gasteiger partial charge in [-0.05, 0) is 45.0 Å². The maximum atomic E-state index is 5.11. The summed E-state index contributed by atoms with van der Waals surface area (Å²) >= 11 is 0. The molecule has 0 fully saturated rings. The van der Waals surface area contributed by atoms with Crippen LogP contribution in [0.2, 0.25) is 0 Å². The van der Waals surface area contributed by atoms with Crippen molar-refractivity contribution in [3.8, 4) is 0 Å². The first kappa shape index (κ1) is 15.3. The van der Waals surface area contributed by atoms with Crippen LogP contribution in [0.4, 0.5) is 0 Å². The molecule has 0 aliphatic rings. The van der Waals surface area contributed by atoms with E-state index in [9.17, 15) is 0 Å². The number of nitrogens with one attached hydrogen (secondary N) is 1. The van der Waals surface area contributed by atoms with Crippen molar-refractivity contribution in [2.45, 2.75) is 40.3 Å². The zero-order valence-corrected chi connectivity index (χ0v) is 12.4. The fraction of sp³-hybridized carbons (Fsp3) is 0.733. The number of rotatable bonds is 8. The molecule has 18 heavy (non-hydrogen) atoms. The van der Waals surface area contributed by atoms with Crippen molar-refractivity contribution in [3.63, 3.8) is 0 Å². The Hall–Kier alpha value is -0.800. The van der Waals surface area contributed by atoms with Crippen molar-refractivity contribution in [1.29, 1.82) is 0 Å². The summed E-state index contributed by atoms with van der Waals surface area (Å²) in [6.07, 6.45) is 3.56. The van der Waals surface area contributed by atoms with Gasteiger partial charge in [-0.1, -0.05) is 20.8 Å². The molecule has 2 atom stereocenters. The molecule has 0 saturated carbocycles. The lowest BCUT2D eigenvalue weighted by molar-refractivity contribution is 0.187. The molecule has 0 radical (unpaired) electrons. The van der Waals surface area contributed by atoms with Gasteiger partial charge in [0.25, 0.3) is 0 Å². The van der Waals surface area contributed by atoms with Crippen LogP contribution >= 0.6 is 0 Å². The average molecular weight is 252 g/mol. The minimum Gasteiger partial charge on any atom is -0.472 e. The predicted molar refractivity (Wildman–Crippen MR) is 76.5 cm³/mol. The topological polar surface area (TPSA) is 28.4 Å². The number of hydrogen-bond donors (Lipinski definition) is 1. The molecule has 0 aliphatic heterocycles. The summed E-state index contributed by atoms with van der Waals surface area (Å²) in [6, 6.07) is 2.59. The van der Waals surface area contributed by atoms with Gasteiger partial charge in [0, 0.05) is 18.2 Å². The third-order valence-corrected chi connectivity index (χ3v) is 3.55. The highest BCUT2D eigenvalue weighted by Crippen LogP contribution is 2.12. The third-order valence-electron chi connectivity index (χ3n) is 3.55. The van der Waals surface area contributed by atoms with Gasteiger partial charge >= 0.3 is 0 Å². The van der Waals surface area contributed by atoms with Crippen LogP contribution in [0.25, 0.3) is 0 Å². The molecule has 1 N–H and O–H groups in total. The van der Waals surface area contributed by atoms with Crippen LogP contribution < -0.4 is 5.32 Å². The van der Waals surface area contributed by atoms with Crippen molar-refractivity contribution in [2.24, 2.45) is 11.8 Å². The van der Waals surface area contributed by atoms with E-state index in [0.717, 1.165) is 25.6 Å². The summed E-state index contributed by atoms with van der Waals surface area (Å²) in [4.78, 5) is 2.38. The van der Waals surface area contributed by atoms with Gasteiger partial charge in [-0.25, -0.2) is 0 Å². The monoisotopic (exact) mass is 252 g/mol. The lowest BCUT2D eigenvalue weighted by Crippen LogP contribution is -2.39. The van der Waals surface area contributed by atoms with Gasteiger partial charge in [0.05, 0.1) is 12.5 Å². The van der Waals surface area contributed by atoms with Crippen molar-refractivity contribution >= 4 is 0 Å². The van der Waals surface area contributed by atoms with Crippen LogP contribution in [0.1, 0.15) is 33.3 Å². The van der Waals surface area contributed by atoms with E-state index in [-0.39, 0.29) is 0 Å². The molecule has 1 rings (SSSR count). The first-order chi connectivity index (χ1) is 8.50. The molecule has 0 aromatic carbocycles. The minimum atomic E-state index is 0.555. The highest BCUT2D eigenvalue weighted by Gasteiger charge is 2.17. The second kappa shape index (κ2) is 7.59. The second-order valence-electron chi connectivity index (χ2n) is 5.82. The van der Waals surface area contributed by atoms with Crippen molar-refractivity contribution < 1.29 is 4.42 Å². The standard InChI is InChI=1S/C15H28N2O/c1-12(2)8-16-9-13(3)14(4)17(5)10-15-6-7-18-11-15/h6-7,11-14,16H,8-10H2,1-5H3. The molecule has 0 amide bonds. The Morgan fingerprint density at radius 3 is 2.50 bits per heavy atom. The quantitative estimate of drug-likeness (QED) is 0.771. The van der Waals surface area contributed by atoms with Crippen molar-refractivity contribution in [2.75, 3.05) is 20.1 Å². The van der Waals surface area contributed by atoms with Crippen LogP contribution in [0.15, 0.2) is 23.0 Å². The first-order valence-electron chi connectivity index (χ1n) is 6.92. The largest absolute Gasteiger partial charge is 0.472 e. The van der Waals surface area contributed by atoms with Gasteiger partial charge in [0.2, 0.25) is 0 Å². The summed E-state index contributed by atoms with van der Waals surface area (Å²) < 4.78 is 5.11. The Labute approximate surface area is 112 Å². The van der Waals surface area contributed by atoms with E-state index in [4.69, 9.17) is 4.42 Å². The van der Waals surface area contributed by atoms with Gasteiger partial charge in [-0.15, -0.1) is 0 Å². The van der Waals surface area contributed by atoms with E-state index >= 15 is 0 Å². The highest BCUT2D eigenvalue weighted by molar-refractivity contribution is 5.04. The summed E-state index contributed by atoms with van der Waals surface area (Å²) in [7, 11) is 2.18. The first-order valence-corrected chi connectivity index (χ1v) is 6.92. The molecular weight excluding hydrogens is 224 g/mol. The number of furan rings is 1. The number of hydrogen-bond acceptors (Lipinski definition) is 3. The van der Waals surface area contributed by atoms with Gasteiger partial charge < -0.3 is 9.73 Å². The van der Waals surface area contributed by atoms with Crippen LogP contribution in [0.3, 0.4) is 0 Å². The molecule has 2 unspecified atom stereocenters. The van der Waals surface area contributed by atoms with Crippen LogP contribution in [-0.2, 0) is 6.54 Å². The Balaban J connectivity index is 2.30. The summed E-state index contributed by atoms with van der Waals surface area (Å²) in [5, 5.41) is 3.53. The summed E-state index contributed by atoms with van der Waals surface area (Å²) in [6.45, 7) is 12.2. The SMILES string of the molecule is CC(C)CNCC(C)C(C)N(C)Cc1ccoc1. The molecule has 104 valence electrons. The Kier molecular flexibility index (Phi) is 6.44. The third kappa shape index (κ3) is 5.23.